The molecule has 122 valence electrons. The van der Waals surface area contributed by atoms with Crippen molar-refractivity contribution in [3.05, 3.63) is 54.0 Å². The molecular weight excluding hydrogens is 313 g/mol. The van der Waals surface area contributed by atoms with Crippen molar-refractivity contribution in [1.82, 2.24) is 4.90 Å². The van der Waals surface area contributed by atoms with Crippen molar-refractivity contribution in [2.75, 3.05) is 18.9 Å². The van der Waals surface area contributed by atoms with Crippen LogP contribution < -0.4 is 5.32 Å². The number of benzene rings is 1. The summed E-state index contributed by atoms with van der Waals surface area (Å²) in [7, 11) is 1.37. The summed E-state index contributed by atoms with van der Waals surface area (Å²) in [6.45, 7) is -0.393. The molecule has 1 heterocycles. The van der Waals surface area contributed by atoms with Gasteiger partial charge in [-0.05, 0) is 18.2 Å². The van der Waals surface area contributed by atoms with E-state index in [1.165, 1.54) is 37.8 Å². The highest BCUT2D eigenvalue weighted by molar-refractivity contribution is 5.99. The average Bonchev–Trinajstić information content (AvgIpc) is 2.99. The van der Waals surface area contributed by atoms with Gasteiger partial charge in [0.2, 0.25) is 5.91 Å². The fourth-order valence-electron chi connectivity index (χ4n) is 1.92. The summed E-state index contributed by atoms with van der Waals surface area (Å²) in [5.41, 5.74) is -1.05. The van der Waals surface area contributed by atoms with E-state index in [2.05, 4.69) is 5.32 Å². The number of rotatable bonds is 4. The summed E-state index contributed by atoms with van der Waals surface area (Å²) in [6, 6.07) is 6.06. The molecule has 0 saturated carbocycles. The van der Waals surface area contributed by atoms with Crippen LogP contribution in [0.25, 0.3) is 0 Å². The van der Waals surface area contributed by atoms with Crippen LogP contribution in [0.15, 0.2) is 47.3 Å². The second kappa shape index (κ2) is 6.55. The van der Waals surface area contributed by atoms with E-state index in [1.54, 1.807) is 0 Å². The topological polar surface area (TPSA) is 62.6 Å². The van der Waals surface area contributed by atoms with Crippen molar-refractivity contribution in [3.63, 3.8) is 0 Å². The van der Waals surface area contributed by atoms with Crippen LogP contribution in [-0.2, 0) is 11.0 Å². The van der Waals surface area contributed by atoms with E-state index in [4.69, 9.17) is 4.42 Å². The third-order valence-corrected chi connectivity index (χ3v) is 3.00. The summed E-state index contributed by atoms with van der Waals surface area (Å²) >= 11 is 0. The average molecular weight is 326 g/mol. The van der Waals surface area contributed by atoms with E-state index in [1.807, 2.05) is 0 Å². The van der Waals surface area contributed by atoms with Gasteiger partial charge in [0, 0.05) is 7.05 Å². The molecule has 0 fully saturated rings. The molecule has 0 saturated heterocycles. The Morgan fingerprint density at radius 3 is 2.52 bits per heavy atom. The van der Waals surface area contributed by atoms with E-state index in [9.17, 15) is 22.8 Å². The Morgan fingerprint density at radius 1 is 1.22 bits per heavy atom. The normalized spacial score (nSPS) is 11.1. The lowest BCUT2D eigenvalue weighted by molar-refractivity contribution is -0.137. The van der Waals surface area contributed by atoms with Gasteiger partial charge in [-0.15, -0.1) is 0 Å². The van der Waals surface area contributed by atoms with E-state index in [0.717, 1.165) is 17.0 Å². The molecule has 5 nitrogen and oxygen atoms in total. The lowest BCUT2D eigenvalue weighted by atomic mass is 10.1. The Hall–Kier alpha value is -2.77. The highest BCUT2D eigenvalue weighted by Gasteiger charge is 2.33. The molecule has 2 rings (SSSR count). The van der Waals surface area contributed by atoms with Crippen molar-refractivity contribution in [1.29, 1.82) is 0 Å². The predicted octanol–water partition coefficient (Wildman–Crippen LogP) is 3.01. The van der Waals surface area contributed by atoms with E-state index in [-0.39, 0.29) is 11.3 Å². The van der Waals surface area contributed by atoms with Crippen LogP contribution >= 0.6 is 0 Å². The summed E-state index contributed by atoms with van der Waals surface area (Å²) in [6.07, 6.45) is -2.06. The third-order valence-electron chi connectivity index (χ3n) is 3.00. The molecule has 0 bridgehead atoms. The molecule has 0 atom stereocenters. The number of anilines is 1. The molecule has 0 spiro atoms. The molecule has 0 aliphatic heterocycles. The summed E-state index contributed by atoms with van der Waals surface area (Å²) < 4.78 is 43.3. The van der Waals surface area contributed by atoms with Crippen LogP contribution in [0.2, 0.25) is 0 Å². The number of amides is 2. The molecule has 8 heteroatoms. The Labute approximate surface area is 129 Å². The molecule has 0 radical (unpaired) electrons. The standard InChI is InChI=1S/C15H13F3N2O3/c1-20(14(22)10-6-7-23-9-10)8-13(21)19-12-5-3-2-4-11(12)15(16,17)18/h2-7,9H,8H2,1H3,(H,19,21). The Morgan fingerprint density at radius 2 is 1.91 bits per heavy atom. The van der Waals surface area contributed by atoms with Crippen LogP contribution in [-0.4, -0.2) is 30.3 Å². The number of carbonyl (C=O) groups excluding carboxylic acids is 2. The molecular formula is C15H13F3N2O3. The number of nitrogens with one attached hydrogen (secondary N) is 1. The highest BCUT2D eigenvalue weighted by Crippen LogP contribution is 2.34. The maximum atomic E-state index is 12.8. The third kappa shape index (κ3) is 4.12. The first-order chi connectivity index (χ1) is 10.8. The number of furan rings is 1. The lowest BCUT2D eigenvalue weighted by Crippen LogP contribution is -2.35. The highest BCUT2D eigenvalue weighted by atomic mass is 19.4. The fourth-order valence-corrected chi connectivity index (χ4v) is 1.92. The minimum absolute atomic E-state index is 0.246. The Kier molecular flexibility index (Phi) is 4.73. The number of hydrogen-bond acceptors (Lipinski definition) is 3. The number of para-hydroxylation sites is 1. The van der Waals surface area contributed by atoms with Gasteiger partial charge in [-0.25, -0.2) is 0 Å². The van der Waals surface area contributed by atoms with Gasteiger partial charge < -0.3 is 14.6 Å². The van der Waals surface area contributed by atoms with Gasteiger partial charge in [0.25, 0.3) is 5.91 Å². The van der Waals surface area contributed by atoms with E-state index < -0.39 is 30.1 Å². The number of halogens is 3. The number of alkyl halides is 3. The maximum absolute atomic E-state index is 12.8. The number of nitrogens with zero attached hydrogens (tertiary/aromatic N) is 1. The zero-order valence-corrected chi connectivity index (χ0v) is 12.1. The van der Waals surface area contributed by atoms with E-state index in [0.29, 0.717) is 0 Å². The van der Waals surface area contributed by atoms with Crippen LogP contribution in [0.5, 0.6) is 0 Å². The van der Waals surface area contributed by atoms with Crippen molar-refractivity contribution in [3.8, 4) is 0 Å². The van der Waals surface area contributed by atoms with Gasteiger partial charge in [0.05, 0.1) is 29.6 Å². The molecule has 1 N–H and O–H groups in total. The summed E-state index contributed by atoms with van der Waals surface area (Å²) in [4.78, 5) is 24.9. The van der Waals surface area contributed by atoms with Gasteiger partial charge in [-0.1, -0.05) is 12.1 Å². The van der Waals surface area contributed by atoms with Gasteiger partial charge >= 0.3 is 6.18 Å². The monoisotopic (exact) mass is 326 g/mol. The second-order valence-electron chi connectivity index (χ2n) is 4.76. The van der Waals surface area contributed by atoms with Crippen molar-refractivity contribution in [2.45, 2.75) is 6.18 Å². The van der Waals surface area contributed by atoms with Gasteiger partial charge in [0.1, 0.15) is 6.26 Å². The molecule has 1 aromatic carbocycles. The van der Waals surface area contributed by atoms with Gasteiger partial charge in [0.15, 0.2) is 0 Å². The minimum atomic E-state index is -4.58. The van der Waals surface area contributed by atoms with Crippen molar-refractivity contribution >= 4 is 17.5 Å². The predicted molar refractivity (Wildman–Crippen MR) is 75.7 cm³/mol. The minimum Gasteiger partial charge on any atom is -0.472 e. The fraction of sp³-hybridized carbons (Fsp3) is 0.200. The zero-order chi connectivity index (χ0) is 17.0. The van der Waals surface area contributed by atoms with Crippen molar-refractivity contribution < 1.29 is 27.2 Å². The molecule has 0 aliphatic carbocycles. The lowest BCUT2D eigenvalue weighted by Gasteiger charge is -2.17. The Balaban J connectivity index is 2.04. The first-order valence-electron chi connectivity index (χ1n) is 6.53. The quantitative estimate of drug-likeness (QED) is 0.939. The molecule has 1 aromatic heterocycles. The van der Waals surface area contributed by atoms with Crippen LogP contribution in [0.4, 0.5) is 18.9 Å². The largest absolute Gasteiger partial charge is 0.472 e. The molecule has 0 unspecified atom stereocenters. The molecule has 0 aliphatic rings. The first kappa shape index (κ1) is 16.6. The van der Waals surface area contributed by atoms with Crippen LogP contribution in [0, 0.1) is 0 Å². The molecule has 23 heavy (non-hydrogen) atoms. The SMILES string of the molecule is CN(CC(=O)Nc1ccccc1C(F)(F)F)C(=O)c1ccoc1. The van der Waals surface area contributed by atoms with Crippen LogP contribution in [0.3, 0.4) is 0 Å². The maximum Gasteiger partial charge on any atom is 0.418 e. The molecule has 2 aromatic rings. The number of likely N-dealkylation sites (N-methyl/N-ethyl adjacent to an activating group) is 1. The smallest absolute Gasteiger partial charge is 0.418 e. The number of hydrogen-bond donors (Lipinski definition) is 1. The molecule has 2 amide bonds. The summed E-state index contributed by atoms with van der Waals surface area (Å²) in [5.74, 6) is -1.21. The van der Waals surface area contributed by atoms with Gasteiger partial charge in [-0.3, -0.25) is 9.59 Å². The second-order valence-corrected chi connectivity index (χ2v) is 4.76. The van der Waals surface area contributed by atoms with Crippen molar-refractivity contribution in [2.24, 2.45) is 0 Å². The summed E-state index contributed by atoms with van der Waals surface area (Å²) in [5, 5.41) is 2.17. The van der Waals surface area contributed by atoms with E-state index >= 15 is 0 Å². The van der Waals surface area contributed by atoms with Crippen LogP contribution in [0.1, 0.15) is 15.9 Å². The zero-order valence-electron chi connectivity index (χ0n) is 12.1. The Bertz CT molecular complexity index is 696. The number of carbonyl (C=O) groups is 2. The first-order valence-corrected chi connectivity index (χ1v) is 6.53. The van der Waals surface area contributed by atoms with Gasteiger partial charge in [-0.2, -0.15) is 13.2 Å².